The van der Waals surface area contributed by atoms with Gasteiger partial charge in [0.25, 0.3) is 0 Å². The van der Waals surface area contributed by atoms with Crippen LogP contribution in [0.15, 0.2) is 146 Å². The molecule has 1 saturated heterocycles. The number of unbranched alkanes of at least 4 members (excludes halogenated alkanes) is 2. The quantitative estimate of drug-likeness (QED) is 0.0538. The van der Waals surface area contributed by atoms with Gasteiger partial charge in [-0.3, -0.25) is 0 Å². The van der Waals surface area contributed by atoms with E-state index in [0.717, 1.165) is 41.5 Å². The molecule has 5 aromatic carbocycles. The zero-order valence-electron chi connectivity index (χ0n) is 30.8. The molecule has 1 heterocycles. The third-order valence-corrected chi connectivity index (χ3v) is 9.09. The first-order chi connectivity index (χ1) is 26.7. The Morgan fingerprint density at radius 2 is 1.07 bits per heavy atom. The van der Waals surface area contributed by atoms with Crippen molar-refractivity contribution in [3.05, 3.63) is 179 Å². The van der Waals surface area contributed by atoms with Crippen LogP contribution < -0.4 is 0 Å². The molecule has 7 heteroatoms. The molecule has 0 aliphatic carbocycles. The Hall–Kier alpha value is -5.07. The summed E-state index contributed by atoms with van der Waals surface area (Å²) in [5.74, 6) is 5.81. The van der Waals surface area contributed by atoms with Gasteiger partial charge < -0.3 is 28.4 Å². The van der Waals surface area contributed by atoms with E-state index in [1.807, 2.05) is 133 Å². The minimum atomic E-state index is -1.16. The SMILES string of the molecule is CCCCC#Cc1ccccc1C(=O)O[C@@H]1O[C@H](COCc2ccccc2)[C@@H](OCc2ccccc2)[C@H](OCc2ccccc2)[C@H]1OCc1ccccc1. The number of ether oxygens (including phenoxy) is 6. The first-order valence-electron chi connectivity index (χ1n) is 18.7. The van der Waals surface area contributed by atoms with Gasteiger partial charge in [0.15, 0.2) is 0 Å². The van der Waals surface area contributed by atoms with Crippen molar-refractivity contribution in [2.45, 2.75) is 83.3 Å². The summed E-state index contributed by atoms with van der Waals surface area (Å²) < 4.78 is 39.5. The Labute approximate surface area is 319 Å². The van der Waals surface area contributed by atoms with E-state index in [9.17, 15) is 4.79 Å². The van der Waals surface area contributed by atoms with Crippen molar-refractivity contribution in [1.82, 2.24) is 0 Å². The zero-order valence-corrected chi connectivity index (χ0v) is 30.8. The normalized spacial score (nSPS) is 19.4. The number of benzene rings is 5. The highest BCUT2D eigenvalue weighted by molar-refractivity contribution is 5.92. The first-order valence-corrected chi connectivity index (χ1v) is 18.7. The summed E-state index contributed by atoms with van der Waals surface area (Å²) in [6.07, 6.45) is -1.32. The maximum atomic E-state index is 14.1. The summed E-state index contributed by atoms with van der Waals surface area (Å²) in [6, 6.07) is 46.9. The fourth-order valence-corrected chi connectivity index (χ4v) is 6.20. The summed E-state index contributed by atoms with van der Waals surface area (Å²) in [6.45, 7) is 3.45. The summed E-state index contributed by atoms with van der Waals surface area (Å²) in [7, 11) is 0. The molecule has 0 saturated carbocycles. The molecule has 1 aliphatic heterocycles. The molecule has 0 aromatic heterocycles. The van der Waals surface area contributed by atoms with E-state index in [1.165, 1.54) is 0 Å². The van der Waals surface area contributed by atoms with Gasteiger partial charge in [-0.25, -0.2) is 4.79 Å². The summed E-state index contributed by atoms with van der Waals surface area (Å²) in [5.41, 5.74) is 4.90. The van der Waals surface area contributed by atoms with Gasteiger partial charge in [0.1, 0.15) is 24.4 Å². The van der Waals surface area contributed by atoms with Crippen molar-refractivity contribution >= 4 is 5.97 Å². The van der Waals surface area contributed by atoms with Crippen LogP contribution in [0.4, 0.5) is 0 Å². The van der Waals surface area contributed by atoms with Crippen LogP contribution in [0.3, 0.4) is 0 Å². The zero-order chi connectivity index (χ0) is 37.2. The van der Waals surface area contributed by atoms with Gasteiger partial charge in [-0.1, -0.05) is 159 Å². The van der Waals surface area contributed by atoms with Crippen LogP contribution in [0.2, 0.25) is 0 Å². The molecule has 5 atom stereocenters. The van der Waals surface area contributed by atoms with Gasteiger partial charge in [0.05, 0.1) is 38.6 Å². The van der Waals surface area contributed by atoms with Crippen LogP contribution >= 0.6 is 0 Å². The van der Waals surface area contributed by atoms with E-state index in [4.69, 9.17) is 28.4 Å². The number of carbonyl (C=O) groups excluding carboxylic acids is 1. The molecule has 1 fully saturated rings. The highest BCUT2D eigenvalue weighted by Crippen LogP contribution is 2.32. The van der Waals surface area contributed by atoms with Crippen molar-refractivity contribution in [2.75, 3.05) is 6.61 Å². The first kappa shape index (κ1) is 38.6. The van der Waals surface area contributed by atoms with Crippen LogP contribution in [0.1, 0.15) is 64.4 Å². The van der Waals surface area contributed by atoms with Crippen LogP contribution in [-0.4, -0.2) is 43.3 Å². The minimum absolute atomic E-state index is 0.151. The maximum absolute atomic E-state index is 14.1. The Bertz CT molecular complexity index is 1890. The Morgan fingerprint density at radius 1 is 0.593 bits per heavy atom. The number of hydrogen-bond acceptors (Lipinski definition) is 7. The van der Waals surface area contributed by atoms with Crippen LogP contribution in [0, 0.1) is 11.8 Å². The van der Waals surface area contributed by atoms with Crippen LogP contribution in [-0.2, 0) is 54.8 Å². The Kier molecular flexibility index (Phi) is 15.0. The fourth-order valence-electron chi connectivity index (χ4n) is 6.20. The lowest BCUT2D eigenvalue weighted by Crippen LogP contribution is -2.62. The predicted molar refractivity (Wildman–Crippen MR) is 208 cm³/mol. The van der Waals surface area contributed by atoms with Gasteiger partial charge >= 0.3 is 5.97 Å². The average molecular weight is 725 g/mol. The highest BCUT2D eigenvalue weighted by atomic mass is 16.7. The molecule has 0 radical (unpaired) electrons. The molecular weight excluding hydrogens is 677 g/mol. The second-order valence-corrected chi connectivity index (χ2v) is 13.2. The third kappa shape index (κ3) is 11.5. The number of carbonyl (C=O) groups is 1. The van der Waals surface area contributed by atoms with Gasteiger partial charge in [0.2, 0.25) is 6.29 Å². The molecule has 0 unspecified atom stereocenters. The molecule has 0 amide bonds. The van der Waals surface area contributed by atoms with Gasteiger partial charge in [-0.05, 0) is 40.8 Å². The summed E-state index contributed by atoms with van der Waals surface area (Å²) in [4.78, 5) is 14.1. The second kappa shape index (κ2) is 21.0. The lowest BCUT2D eigenvalue weighted by atomic mass is 9.97. The largest absolute Gasteiger partial charge is 0.429 e. The lowest BCUT2D eigenvalue weighted by Gasteiger charge is -2.45. The van der Waals surface area contributed by atoms with E-state index < -0.39 is 36.7 Å². The predicted octanol–water partition coefficient (Wildman–Crippen LogP) is 9.08. The number of hydrogen-bond donors (Lipinski definition) is 0. The van der Waals surface area contributed by atoms with E-state index in [2.05, 4.69) is 18.8 Å². The fraction of sp³-hybridized carbons (Fsp3) is 0.298. The third-order valence-electron chi connectivity index (χ3n) is 9.09. The average Bonchev–Trinajstić information content (AvgIpc) is 3.22. The maximum Gasteiger partial charge on any atom is 0.341 e. The van der Waals surface area contributed by atoms with Crippen molar-refractivity contribution in [2.24, 2.45) is 0 Å². The number of rotatable bonds is 17. The number of esters is 1. The van der Waals surface area contributed by atoms with Crippen molar-refractivity contribution in [3.63, 3.8) is 0 Å². The molecule has 5 aromatic rings. The standard InChI is InChI=1S/C47H48O7/c1-2-3-4-17-28-40-29-18-19-30-41(40)46(48)54-47-45(52-34-39-26-15-8-16-27-39)44(51-33-38-24-13-7-14-25-38)43(50-32-37-22-11-6-12-23-37)42(53-47)35-49-31-36-20-9-5-10-21-36/h5-16,18-27,29-30,42-45,47H,2-4,31-35H2,1H3/t42-,43-,44+,45-,47+/m1/s1. The van der Waals surface area contributed by atoms with Crippen LogP contribution in [0.25, 0.3) is 0 Å². The minimum Gasteiger partial charge on any atom is -0.429 e. The monoisotopic (exact) mass is 724 g/mol. The second-order valence-electron chi connectivity index (χ2n) is 13.2. The molecule has 1 aliphatic rings. The molecule has 6 rings (SSSR count). The van der Waals surface area contributed by atoms with Crippen molar-refractivity contribution in [3.8, 4) is 11.8 Å². The molecule has 0 spiro atoms. The highest BCUT2D eigenvalue weighted by Gasteiger charge is 2.50. The smallest absolute Gasteiger partial charge is 0.341 e. The van der Waals surface area contributed by atoms with Crippen molar-refractivity contribution < 1.29 is 33.2 Å². The van der Waals surface area contributed by atoms with E-state index in [-0.39, 0.29) is 19.8 Å². The molecule has 54 heavy (non-hydrogen) atoms. The van der Waals surface area contributed by atoms with E-state index in [1.54, 1.807) is 12.1 Å². The molecular formula is C47H48O7. The van der Waals surface area contributed by atoms with E-state index >= 15 is 0 Å². The molecule has 7 nitrogen and oxygen atoms in total. The molecule has 0 N–H and O–H groups in total. The van der Waals surface area contributed by atoms with Gasteiger partial charge in [-0.2, -0.15) is 0 Å². The van der Waals surface area contributed by atoms with Crippen LogP contribution in [0.5, 0.6) is 0 Å². The Balaban J connectivity index is 1.34. The van der Waals surface area contributed by atoms with Crippen molar-refractivity contribution in [1.29, 1.82) is 0 Å². The van der Waals surface area contributed by atoms with Gasteiger partial charge in [-0.15, -0.1) is 0 Å². The topological polar surface area (TPSA) is 72.5 Å². The van der Waals surface area contributed by atoms with Gasteiger partial charge in [0, 0.05) is 12.0 Å². The summed E-state index contributed by atoms with van der Waals surface area (Å²) in [5, 5.41) is 0. The molecule has 0 bridgehead atoms. The lowest BCUT2D eigenvalue weighted by molar-refractivity contribution is -0.315. The Morgan fingerprint density at radius 3 is 1.63 bits per heavy atom. The van der Waals surface area contributed by atoms with E-state index in [0.29, 0.717) is 24.3 Å². The molecule has 278 valence electrons. The summed E-state index contributed by atoms with van der Waals surface area (Å²) >= 11 is 0.